The lowest BCUT2D eigenvalue weighted by atomic mass is 9.91. The average Bonchev–Trinajstić information content (AvgIpc) is 2.55. The highest BCUT2D eigenvalue weighted by Crippen LogP contribution is 2.24. The number of hydrogen-bond acceptors (Lipinski definition) is 1. The fraction of sp³-hybridized carbons (Fsp3) is 0.211. The van der Waals surface area contributed by atoms with Crippen molar-refractivity contribution < 1.29 is 0 Å². The van der Waals surface area contributed by atoms with Gasteiger partial charge >= 0.3 is 0 Å². The van der Waals surface area contributed by atoms with Crippen molar-refractivity contribution in [3.63, 3.8) is 0 Å². The molecule has 4 heteroatoms. The zero-order valence-corrected chi connectivity index (χ0v) is 15.7. The van der Waals surface area contributed by atoms with Crippen LogP contribution in [0.3, 0.4) is 0 Å². The van der Waals surface area contributed by atoms with E-state index in [0.717, 1.165) is 5.57 Å². The summed E-state index contributed by atoms with van der Waals surface area (Å²) in [7, 11) is 0. The third-order valence-corrected chi connectivity index (χ3v) is 3.42. The Hall–Kier alpha value is -1.82. The smallest absolute Gasteiger partial charge is 0.188 e. The van der Waals surface area contributed by atoms with E-state index in [0.29, 0.717) is 19.0 Å². The number of aliphatic imine (C=N–C) groups is 1. The van der Waals surface area contributed by atoms with Crippen molar-refractivity contribution in [2.24, 2.45) is 10.7 Å². The summed E-state index contributed by atoms with van der Waals surface area (Å²) in [6.45, 7) is 7.06. The Morgan fingerprint density at radius 3 is 1.96 bits per heavy atom. The monoisotopic (exact) mass is 421 g/mol. The van der Waals surface area contributed by atoms with Crippen LogP contribution in [-0.4, -0.2) is 19.0 Å². The normalized spacial score (nSPS) is 11.0. The minimum absolute atomic E-state index is 0. The minimum Gasteiger partial charge on any atom is -0.370 e. The van der Waals surface area contributed by atoms with Crippen molar-refractivity contribution in [1.82, 2.24) is 5.32 Å². The van der Waals surface area contributed by atoms with Crippen LogP contribution >= 0.6 is 24.0 Å². The topological polar surface area (TPSA) is 50.4 Å². The van der Waals surface area contributed by atoms with Gasteiger partial charge in [-0.15, -0.1) is 24.0 Å². The lowest BCUT2D eigenvalue weighted by Crippen LogP contribution is -2.33. The molecule has 0 fully saturated rings. The van der Waals surface area contributed by atoms with E-state index in [-0.39, 0.29) is 29.9 Å². The first-order chi connectivity index (χ1) is 10.7. The zero-order chi connectivity index (χ0) is 15.8. The van der Waals surface area contributed by atoms with E-state index in [1.54, 1.807) is 0 Å². The van der Waals surface area contributed by atoms with Crippen molar-refractivity contribution in [3.8, 4) is 0 Å². The summed E-state index contributed by atoms with van der Waals surface area (Å²) in [5.74, 6) is 0.660. The first kappa shape index (κ1) is 19.2. The second kappa shape index (κ2) is 10.0. The van der Waals surface area contributed by atoms with E-state index < -0.39 is 0 Å². The molecular weight excluding hydrogens is 397 g/mol. The van der Waals surface area contributed by atoms with Gasteiger partial charge in [-0.3, -0.25) is 4.99 Å². The van der Waals surface area contributed by atoms with Gasteiger partial charge in [0.2, 0.25) is 0 Å². The standard InChI is InChI=1S/C19H23N3.HI/c1-15(2)13-21-19(20)22-14-18(16-9-5-3-6-10-16)17-11-7-4-8-12-17;/h3-12,18H,1,13-14H2,2H3,(H3,20,21,22);1H. The number of nitrogens with two attached hydrogens (primary N) is 1. The molecule has 0 aliphatic rings. The quantitative estimate of drug-likeness (QED) is 0.322. The summed E-state index contributed by atoms with van der Waals surface area (Å²) in [5, 5.41) is 3.07. The van der Waals surface area contributed by atoms with E-state index in [1.165, 1.54) is 11.1 Å². The molecule has 0 radical (unpaired) electrons. The molecule has 3 N–H and O–H groups in total. The van der Waals surface area contributed by atoms with Gasteiger partial charge in [0.1, 0.15) is 0 Å². The number of rotatable bonds is 6. The van der Waals surface area contributed by atoms with Crippen molar-refractivity contribution in [1.29, 1.82) is 0 Å². The Kier molecular flexibility index (Phi) is 8.40. The number of nitrogens with one attached hydrogen (secondary N) is 1. The van der Waals surface area contributed by atoms with Crippen LogP contribution in [0.1, 0.15) is 24.0 Å². The number of benzene rings is 2. The summed E-state index contributed by atoms with van der Waals surface area (Å²) in [4.78, 5) is 4.49. The van der Waals surface area contributed by atoms with Crippen LogP contribution in [-0.2, 0) is 0 Å². The number of halogens is 1. The molecule has 0 aliphatic carbocycles. The van der Waals surface area contributed by atoms with Gasteiger partial charge < -0.3 is 11.1 Å². The fourth-order valence-corrected chi connectivity index (χ4v) is 2.26. The maximum atomic E-state index is 5.92. The average molecular weight is 421 g/mol. The molecule has 2 rings (SSSR count). The molecule has 0 amide bonds. The number of hydrogen-bond donors (Lipinski definition) is 2. The molecule has 0 unspecified atom stereocenters. The van der Waals surface area contributed by atoms with Crippen LogP contribution < -0.4 is 11.1 Å². The Labute approximate surface area is 155 Å². The zero-order valence-electron chi connectivity index (χ0n) is 13.4. The van der Waals surface area contributed by atoms with Crippen molar-refractivity contribution in [2.75, 3.05) is 13.1 Å². The Balaban J connectivity index is 0.00000264. The Morgan fingerprint density at radius 1 is 1.04 bits per heavy atom. The molecule has 2 aromatic carbocycles. The molecule has 0 spiro atoms. The predicted molar refractivity (Wildman–Crippen MR) is 109 cm³/mol. The van der Waals surface area contributed by atoms with Gasteiger partial charge in [0.05, 0.1) is 6.54 Å². The molecule has 23 heavy (non-hydrogen) atoms. The molecule has 0 atom stereocenters. The highest BCUT2D eigenvalue weighted by atomic mass is 127. The Morgan fingerprint density at radius 2 is 1.52 bits per heavy atom. The summed E-state index contributed by atoms with van der Waals surface area (Å²) < 4.78 is 0. The van der Waals surface area contributed by atoms with Gasteiger partial charge in [-0.1, -0.05) is 72.8 Å². The van der Waals surface area contributed by atoms with Gasteiger partial charge in [-0.2, -0.15) is 0 Å². The van der Waals surface area contributed by atoms with Crippen molar-refractivity contribution >= 4 is 29.9 Å². The summed E-state index contributed by atoms with van der Waals surface area (Å²) in [6, 6.07) is 20.8. The lowest BCUT2D eigenvalue weighted by molar-refractivity contribution is 0.808. The molecule has 3 nitrogen and oxygen atoms in total. The SMILES string of the molecule is C=C(C)CNC(N)=NCC(c1ccccc1)c1ccccc1.I. The molecule has 0 saturated carbocycles. The van der Waals surface area contributed by atoms with Gasteiger partial charge in [-0.05, 0) is 18.1 Å². The predicted octanol–water partition coefficient (Wildman–Crippen LogP) is 3.92. The van der Waals surface area contributed by atoms with Crippen LogP contribution in [0, 0.1) is 0 Å². The maximum absolute atomic E-state index is 5.92. The largest absolute Gasteiger partial charge is 0.370 e. The molecular formula is C19H24IN3. The summed E-state index contributed by atoms with van der Waals surface area (Å²) in [5.41, 5.74) is 9.43. The molecule has 2 aromatic rings. The number of guanidine groups is 1. The van der Waals surface area contributed by atoms with E-state index in [1.807, 2.05) is 19.1 Å². The van der Waals surface area contributed by atoms with E-state index >= 15 is 0 Å². The van der Waals surface area contributed by atoms with Crippen LogP contribution in [0.4, 0.5) is 0 Å². The van der Waals surface area contributed by atoms with Crippen molar-refractivity contribution in [3.05, 3.63) is 83.9 Å². The van der Waals surface area contributed by atoms with Gasteiger partial charge in [0.15, 0.2) is 5.96 Å². The third kappa shape index (κ3) is 6.44. The van der Waals surface area contributed by atoms with Crippen molar-refractivity contribution in [2.45, 2.75) is 12.8 Å². The van der Waals surface area contributed by atoms with E-state index in [2.05, 4.69) is 65.4 Å². The summed E-state index contributed by atoms with van der Waals surface area (Å²) in [6.07, 6.45) is 0. The van der Waals surface area contributed by atoms with Crippen LogP contribution in [0.15, 0.2) is 77.8 Å². The van der Waals surface area contributed by atoms with E-state index in [4.69, 9.17) is 5.73 Å². The first-order valence-corrected chi connectivity index (χ1v) is 7.45. The molecule has 0 heterocycles. The van der Waals surface area contributed by atoms with Crippen LogP contribution in [0.25, 0.3) is 0 Å². The minimum atomic E-state index is 0. The van der Waals surface area contributed by atoms with Gasteiger partial charge in [0, 0.05) is 12.5 Å². The third-order valence-electron chi connectivity index (χ3n) is 3.42. The number of nitrogens with zero attached hydrogens (tertiary/aromatic N) is 1. The molecule has 0 saturated heterocycles. The summed E-state index contributed by atoms with van der Waals surface area (Å²) >= 11 is 0. The second-order valence-corrected chi connectivity index (χ2v) is 5.41. The van der Waals surface area contributed by atoms with Crippen LogP contribution in [0.5, 0.6) is 0 Å². The van der Waals surface area contributed by atoms with Gasteiger partial charge in [-0.25, -0.2) is 0 Å². The lowest BCUT2D eigenvalue weighted by Gasteiger charge is -2.16. The van der Waals surface area contributed by atoms with E-state index in [9.17, 15) is 0 Å². The highest BCUT2D eigenvalue weighted by Gasteiger charge is 2.13. The van der Waals surface area contributed by atoms with Crippen LogP contribution in [0.2, 0.25) is 0 Å². The molecule has 122 valence electrons. The Bertz CT molecular complexity index is 584. The first-order valence-electron chi connectivity index (χ1n) is 7.45. The van der Waals surface area contributed by atoms with Gasteiger partial charge in [0.25, 0.3) is 0 Å². The highest BCUT2D eigenvalue weighted by molar-refractivity contribution is 14.0. The maximum Gasteiger partial charge on any atom is 0.188 e. The second-order valence-electron chi connectivity index (χ2n) is 5.41. The molecule has 0 bridgehead atoms. The molecule has 0 aliphatic heterocycles. The molecule has 0 aromatic heterocycles. The fourth-order valence-electron chi connectivity index (χ4n) is 2.26.